The third-order valence-electron chi connectivity index (χ3n) is 2.74. The minimum atomic E-state index is -3.30. The quantitative estimate of drug-likeness (QED) is 0.741. The molecule has 0 aromatic heterocycles. The topological polar surface area (TPSA) is 75.4 Å². The molecule has 1 aliphatic rings. The van der Waals surface area contributed by atoms with Crippen molar-refractivity contribution >= 4 is 22.6 Å². The third kappa shape index (κ3) is 3.88. The molecule has 7 heteroatoms. The molecule has 2 unspecified atom stereocenters. The van der Waals surface area contributed by atoms with Crippen LogP contribution < -0.4 is 10.5 Å². The van der Waals surface area contributed by atoms with Crippen LogP contribution in [0.25, 0.3) is 0 Å². The molecule has 0 aliphatic heterocycles. The standard InChI is InChI=1S/C8H19N3O2S.ClH/c1-11(2)14(12,13)10-8-5-3-4-7(8)6-9;/h7-8,10H,3-6,9H2,1-2H3;1H. The van der Waals surface area contributed by atoms with Gasteiger partial charge in [-0.15, -0.1) is 12.4 Å². The molecule has 0 heterocycles. The number of halogens is 1. The van der Waals surface area contributed by atoms with Crippen LogP contribution in [0.4, 0.5) is 0 Å². The molecule has 0 amide bonds. The lowest BCUT2D eigenvalue weighted by atomic mass is 10.1. The fourth-order valence-corrected chi connectivity index (χ4v) is 2.67. The molecule has 1 rings (SSSR count). The van der Waals surface area contributed by atoms with Crippen LogP contribution in [0.2, 0.25) is 0 Å². The number of hydrogen-bond donors (Lipinski definition) is 2. The molecule has 0 spiro atoms. The van der Waals surface area contributed by atoms with E-state index in [1.54, 1.807) is 0 Å². The van der Waals surface area contributed by atoms with Crippen molar-refractivity contribution in [2.24, 2.45) is 11.7 Å². The molecule has 0 bridgehead atoms. The summed E-state index contributed by atoms with van der Waals surface area (Å²) in [5.41, 5.74) is 5.57. The largest absolute Gasteiger partial charge is 0.330 e. The first-order chi connectivity index (χ1) is 6.47. The van der Waals surface area contributed by atoms with E-state index in [4.69, 9.17) is 5.73 Å². The maximum absolute atomic E-state index is 11.5. The normalized spacial score (nSPS) is 26.7. The molecule has 0 radical (unpaired) electrons. The van der Waals surface area contributed by atoms with Gasteiger partial charge >= 0.3 is 0 Å². The Hall–Kier alpha value is 0.120. The molecule has 1 aliphatic carbocycles. The van der Waals surface area contributed by atoms with Crippen molar-refractivity contribution in [1.29, 1.82) is 0 Å². The van der Waals surface area contributed by atoms with Crippen molar-refractivity contribution in [1.82, 2.24) is 9.03 Å². The van der Waals surface area contributed by atoms with Gasteiger partial charge in [-0.25, -0.2) is 0 Å². The molecule has 2 atom stereocenters. The van der Waals surface area contributed by atoms with Gasteiger partial charge in [0.15, 0.2) is 0 Å². The highest BCUT2D eigenvalue weighted by molar-refractivity contribution is 7.87. The van der Waals surface area contributed by atoms with Crippen LogP contribution in [-0.4, -0.2) is 39.4 Å². The van der Waals surface area contributed by atoms with E-state index in [1.165, 1.54) is 18.4 Å². The van der Waals surface area contributed by atoms with E-state index in [2.05, 4.69) is 4.72 Å². The van der Waals surface area contributed by atoms with Crippen LogP contribution in [0.3, 0.4) is 0 Å². The summed E-state index contributed by atoms with van der Waals surface area (Å²) in [5.74, 6) is 0.296. The first-order valence-corrected chi connectivity index (χ1v) is 6.31. The highest BCUT2D eigenvalue weighted by Gasteiger charge is 2.30. The lowest BCUT2D eigenvalue weighted by Crippen LogP contribution is -2.45. The van der Waals surface area contributed by atoms with Crippen molar-refractivity contribution < 1.29 is 8.42 Å². The second kappa shape index (κ2) is 6.00. The second-order valence-electron chi connectivity index (χ2n) is 3.94. The zero-order valence-corrected chi connectivity index (χ0v) is 10.8. The van der Waals surface area contributed by atoms with Gasteiger partial charge in [0, 0.05) is 20.1 Å². The van der Waals surface area contributed by atoms with Crippen molar-refractivity contribution in [2.45, 2.75) is 25.3 Å². The fraction of sp³-hybridized carbons (Fsp3) is 1.00. The van der Waals surface area contributed by atoms with Crippen LogP contribution in [-0.2, 0) is 10.2 Å². The van der Waals surface area contributed by atoms with E-state index < -0.39 is 10.2 Å². The van der Waals surface area contributed by atoms with Gasteiger partial charge in [-0.05, 0) is 25.3 Å². The van der Waals surface area contributed by atoms with Crippen molar-refractivity contribution in [3.63, 3.8) is 0 Å². The maximum atomic E-state index is 11.5. The summed E-state index contributed by atoms with van der Waals surface area (Å²) in [6.45, 7) is 0.556. The number of rotatable bonds is 4. The Labute approximate surface area is 98.0 Å². The Morgan fingerprint density at radius 1 is 1.40 bits per heavy atom. The van der Waals surface area contributed by atoms with Gasteiger partial charge in [0.2, 0.25) is 0 Å². The van der Waals surface area contributed by atoms with E-state index in [-0.39, 0.29) is 18.4 Å². The van der Waals surface area contributed by atoms with Gasteiger partial charge in [0.1, 0.15) is 0 Å². The maximum Gasteiger partial charge on any atom is 0.279 e. The lowest BCUT2D eigenvalue weighted by Gasteiger charge is -2.21. The summed E-state index contributed by atoms with van der Waals surface area (Å²) >= 11 is 0. The van der Waals surface area contributed by atoms with Crippen LogP contribution in [0.1, 0.15) is 19.3 Å². The predicted octanol–water partition coefficient (Wildman–Crippen LogP) is -0.0684. The Bertz CT molecular complexity index is 282. The highest BCUT2D eigenvalue weighted by Crippen LogP contribution is 2.25. The molecule has 92 valence electrons. The summed E-state index contributed by atoms with van der Waals surface area (Å²) in [7, 11) is -0.252. The smallest absolute Gasteiger partial charge is 0.279 e. The molecule has 1 saturated carbocycles. The van der Waals surface area contributed by atoms with Gasteiger partial charge < -0.3 is 5.73 Å². The average Bonchev–Trinajstić information content (AvgIpc) is 2.50. The third-order valence-corrected chi connectivity index (χ3v) is 4.30. The average molecular weight is 258 g/mol. The Morgan fingerprint density at radius 3 is 2.47 bits per heavy atom. The highest BCUT2D eigenvalue weighted by atomic mass is 35.5. The van der Waals surface area contributed by atoms with Gasteiger partial charge in [-0.1, -0.05) is 6.42 Å². The van der Waals surface area contributed by atoms with Crippen molar-refractivity contribution in [3.05, 3.63) is 0 Å². The Kier molecular flexibility index (Phi) is 6.05. The molecule has 0 aromatic carbocycles. The fourth-order valence-electron chi connectivity index (χ4n) is 1.77. The number of hydrogen-bond acceptors (Lipinski definition) is 3. The molecule has 3 N–H and O–H groups in total. The molecular formula is C8H20ClN3O2S. The van der Waals surface area contributed by atoms with Gasteiger partial charge in [0.25, 0.3) is 10.2 Å². The summed E-state index contributed by atoms with van der Waals surface area (Å²) in [4.78, 5) is 0. The van der Waals surface area contributed by atoms with E-state index in [0.717, 1.165) is 19.3 Å². The summed E-state index contributed by atoms with van der Waals surface area (Å²) in [6.07, 6.45) is 2.98. The molecule has 1 fully saturated rings. The van der Waals surface area contributed by atoms with Crippen LogP contribution in [0.5, 0.6) is 0 Å². The SMILES string of the molecule is CN(C)S(=O)(=O)NC1CCCC1CN.Cl. The van der Waals surface area contributed by atoms with Gasteiger partial charge in [-0.2, -0.15) is 17.4 Å². The van der Waals surface area contributed by atoms with E-state index in [1.807, 2.05) is 0 Å². The van der Waals surface area contributed by atoms with Crippen molar-refractivity contribution in [2.75, 3.05) is 20.6 Å². The molecule has 0 saturated heterocycles. The summed E-state index contributed by atoms with van der Waals surface area (Å²) < 4.78 is 26.9. The zero-order chi connectivity index (χ0) is 10.8. The monoisotopic (exact) mass is 257 g/mol. The second-order valence-corrected chi connectivity index (χ2v) is 5.85. The molecule has 15 heavy (non-hydrogen) atoms. The minimum absolute atomic E-state index is 0. The molecule has 0 aromatic rings. The summed E-state index contributed by atoms with van der Waals surface area (Å²) in [5, 5.41) is 0. The van der Waals surface area contributed by atoms with E-state index in [0.29, 0.717) is 12.5 Å². The number of nitrogens with zero attached hydrogens (tertiary/aromatic N) is 1. The Balaban J connectivity index is 0.00000196. The van der Waals surface area contributed by atoms with Crippen LogP contribution >= 0.6 is 12.4 Å². The number of nitrogens with two attached hydrogens (primary N) is 1. The van der Waals surface area contributed by atoms with Gasteiger partial charge in [0.05, 0.1) is 0 Å². The lowest BCUT2D eigenvalue weighted by molar-refractivity contribution is 0.432. The molecular weight excluding hydrogens is 238 g/mol. The Morgan fingerprint density at radius 2 is 2.00 bits per heavy atom. The van der Waals surface area contributed by atoms with E-state index in [9.17, 15) is 8.42 Å². The molecule has 5 nitrogen and oxygen atoms in total. The van der Waals surface area contributed by atoms with Gasteiger partial charge in [-0.3, -0.25) is 0 Å². The number of nitrogens with one attached hydrogen (secondary N) is 1. The first kappa shape index (κ1) is 15.1. The van der Waals surface area contributed by atoms with E-state index >= 15 is 0 Å². The van der Waals surface area contributed by atoms with Crippen molar-refractivity contribution in [3.8, 4) is 0 Å². The van der Waals surface area contributed by atoms with Crippen LogP contribution in [0.15, 0.2) is 0 Å². The predicted molar refractivity (Wildman–Crippen MR) is 63.2 cm³/mol. The first-order valence-electron chi connectivity index (χ1n) is 4.87. The zero-order valence-electron chi connectivity index (χ0n) is 9.14. The summed E-state index contributed by atoms with van der Waals surface area (Å²) in [6, 6.07) is 0.0207. The van der Waals surface area contributed by atoms with Crippen LogP contribution in [0, 0.1) is 5.92 Å². The minimum Gasteiger partial charge on any atom is -0.330 e.